The number of hydrogen-bond donors (Lipinski definition) is 0. The summed E-state index contributed by atoms with van der Waals surface area (Å²) in [6, 6.07) is 5.64. The first-order valence-corrected chi connectivity index (χ1v) is 8.48. The summed E-state index contributed by atoms with van der Waals surface area (Å²) in [5, 5.41) is 4.18. The molecule has 8 heteroatoms. The molecule has 4 aromatic rings. The van der Waals surface area contributed by atoms with E-state index in [0.717, 1.165) is 41.3 Å². The highest BCUT2D eigenvalue weighted by molar-refractivity contribution is 5.52. The molecule has 26 heavy (non-hydrogen) atoms. The van der Waals surface area contributed by atoms with Crippen LogP contribution < -0.4 is 4.74 Å². The zero-order chi connectivity index (χ0) is 17.9. The van der Waals surface area contributed by atoms with Gasteiger partial charge in [0.25, 0.3) is 0 Å². The number of pyridine rings is 1. The summed E-state index contributed by atoms with van der Waals surface area (Å²) in [5.74, 6) is 1.33. The van der Waals surface area contributed by atoms with Gasteiger partial charge in [0.05, 0.1) is 19.3 Å². The van der Waals surface area contributed by atoms with Crippen LogP contribution in [0.4, 0.5) is 0 Å². The van der Waals surface area contributed by atoms with Gasteiger partial charge in [-0.25, -0.2) is 24.5 Å². The van der Waals surface area contributed by atoms with Crippen molar-refractivity contribution in [2.75, 3.05) is 7.11 Å². The van der Waals surface area contributed by atoms with Gasteiger partial charge in [0, 0.05) is 24.0 Å². The van der Waals surface area contributed by atoms with E-state index in [9.17, 15) is 0 Å². The van der Waals surface area contributed by atoms with Crippen molar-refractivity contribution in [3.8, 4) is 17.4 Å². The summed E-state index contributed by atoms with van der Waals surface area (Å²) >= 11 is 0. The molecule has 0 saturated carbocycles. The van der Waals surface area contributed by atoms with Crippen LogP contribution in [0.3, 0.4) is 0 Å². The Balaban J connectivity index is 1.74. The van der Waals surface area contributed by atoms with Crippen molar-refractivity contribution in [2.45, 2.75) is 26.3 Å². The largest absolute Gasteiger partial charge is 0.481 e. The number of aromatic nitrogens is 7. The Morgan fingerprint density at radius 1 is 1.15 bits per heavy atom. The van der Waals surface area contributed by atoms with Gasteiger partial charge >= 0.3 is 0 Å². The smallest absolute Gasteiger partial charge is 0.213 e. The first-order valence-electron chi connectivity index (χ1n) is 8.48. The third kappa shape index (κ3) is 2.90. The third-order valence-electron chi connectivity index (χ3n) is 4.21. The van der Waals surface area contributed by atoms with Crippen LogP contribution in [-0.4, -0.2) is 41.2 Å². The average molecular weight is 349 g/mol. The molecular formula is C18H19N7O. The molecule has 4 aromatic heterocycles. The Bertz CT molecular complexity index is 1040. The lowest BCUT2D eigenvalue weighted by atomic mass is 10.1. The van der Waals surface area contributed by atoms with Gasteiger partial charge in [-0.1, -0.05) is 19.4 Å². The second-order valence-corrected chi connectivity index (χ2v) is 5.89. The maximum absolute atomic E-state index is 5.22. The quantitative estimate of drug-likeness (QED) is 0.531. The molecule has 0 fully saturated rings. The zero-order valence-corrected chi connectivity index (χ0v) is 14.7. The van der Waals surface area contributed by atoms with E-state index in [1.807, 2.05) is 29.0 Å². The Morgan fingerprint density at radius 3 is 2.92 bits per heavy atom. The predicted molar refractivity (Wildman–Crippen MR) is 95.9 cm³/mol. The topological polar surface area (TPSA) is 83.0 Å². The number of methoxy groups -OCH3 is 1. The van der Waals surface area contributed by atoms with Crippen LogP contribution in [0.1, 0.15) is 24.6 Å². The normalized spacial score (nSPS) is 11.2. The van der Waals surface area contributed by atoms with E-state index >= 15 is 0 Å². The van der Waals surface area contributed by atoms with Crippen molar-refractivity contribution < 1.29 is 4.74 Å². The van der Waals surface area contributed by atoms with Gasteiger partial charge in [-0.05, 0) is 12.5 Å². The van der Waals surface area contributed by atoms with Crippen molar-refractivity contribution in [3.05, 3.63) is 54.5 Å². The maximum Gasteiger partial charge on any atom is 0.213 e. The van der Waals surface area contributed by atoms with Crippen molar-refractivity contribution in [1.29, 1.82) is 0 Å². The van der Waals surface area contributed by atoms with Crippen molar-refractivity contribution in [1.82, 2.24) is 34.1 Å². The van der Waals surface area contributed by atoms with Crippen LogP contribution in [0.15, 0.2) is 43.2 Å². The summed E-state index contributed by atoms with van der Waals surface area (Å²) in [7, 11) is 1.60. The molecule has 0 aromatic carbocycles. The standard InChI is InChI=1S/C18H19N7O/c1-3-5-13-15(21-12-25-17(13)20-11-22-25)10-24-9-8-19-18(24)14-6-4-7-16(23-14)26-2/h4,6-9,11-12H,3,5,10H2,1-2H3. The van der Waals surface area contributed by atoms with Crippen LogP contribution in [0.25, 0.3) is 17.2 Å². The van der Waals surface area contributed by atoms with E-state index in [0.29, 0.717) is 12.4 Å². The third-order valence-corrected chi connectivity index (χ3v) is 4.21. The van der Waals surface area contributed by atoms with E-state index in [1.54, 1.807) is 30.5 Å². The minimum Gasteiger partial charge on any atom is -0.481 e. The summed E-state index contributed by atoms with van der Waals surface area (Å²) in [6.45, 7) is 2.74. The van der Waals surface area contributed by atoms with Crippen LogP contribution in [0.2, 0.25) is 0 Å². The highest BCUT2D eigenvalue weighted by atomic mass is 16.5. The molecule has 8 nitrogen and oxygen atoms in total. The monoisotopic (exact) mass is 349 g/mol. The number of imidazole rings is 1. The Hall–Kier alpha value is -3.29. The summed E-state index contributed by atoms with van der Waals surface area (Å²) in [5.41, 5.74) is 3.70. The van der Waals surface area contributed by atoms with Gasteiger partial charge in [-0.3, -0.25) is 0 Å². The van der Waals surface area contributed by atoms with Crippen LogP contribution in [0.5, 0.6) is 5.88 Å². The molecule has 0 bridgehead atoms. The molecular weight excluding hydrogens is 330 g/mol. The van der Waals surface area contributed by atoms with Crippen LogP contribution in [0, 0.1) is 0 Å². The van der Waals surface area contributed by atoms with Gasteiger partial charge in [0.2, 0.25) is 5.88 Å². The fourth-order valence-electron chi connectivity index (χ4n) is 3.01. The highest BCUT2D eigenvalue weighted by Gasteiger charge is 2.14. The Kier molecular flexibility index (Phi) is 4.30. The molecule has 0 unspecified atom stereocenters. The molecule has 4 rings (SSSR count). The van der Waals surface area contributed by atoms with Gasteiger partial charge < -0.3 is 9.30 Å². The number of fused-ring (bicyclic) bond motifs is 1. The average Bonchev–Trinajstić information content (AvgIpc) is 3.33. The minimum atomic E-state index is 0.562. The minimum absolute atomic E-state index is 0.562. The predicted octanol–water partition coefficient (Wildman–Crippen LogP) is 2.39. The van der Waals surface area contributed by atoms with Crippen molar-refractivity contribution in [2.24, 2.45) is 0 Å². The fraction of sp³-hybridized carbons (Fsp3) is 0.278. The molecule has 0 spiro atoms. The zero-order valence-electron chi connectivity index (χ0n) is 14.7. The van der Waals surface area contributed by atoms with Crippen LogP contribution >= 0.6 is 0 Å². The molecule has 0 aliphatic rings. The number of nitrogens with zero attached hydrogens (tertiary/aromatic N) is 7. The van der Waals surface area contributed by atoms with Crippen molar-refractivity contribution in [3.63, 3.8) is 0 Å². The molecule has 0 radical (unpaired) electrons. The lowest BCUT2D eigenvalue weighted by Gasteiger charge is -2.12. The van der Waals surface area contributed by atoms with E-state index in [1.165, 1.54) is 0 Å². The van der Waals surface area contributed by atoms with E-state index in [-0.39, 0.29) is 0 Å². The number of hydrogen-bond acceptors (Lipinski definition) is 6. The fourth-order valence-corrected chi connectivity index (χ4v) is 3.01. The Labute approximate surface area is 150 Å². The van der Waals surface area contributed by atoms with Gasteiger partial charge in [-0.15, -0.1) is 0 Å². The van der Waals surface area contributed by atoms with Crippen LogP contribution in [-0.2, 0) is 13.0 Å². The second-order valence-electron chi connectivity index (χ2n) is 5.89. The lowest BCUT2D eigenvalue weighted by Crippen LogP contribution is -2.09. The molecule has 0 N–H and O–H groups in total. The first-order chi connectivity index (χ1) is 12.8. The Morgan fingerprint density at radius 2 is 2.08 bits per heavy atom. The number of aryl methyl sites for hydroxylation is 1. The maximum atomic E-state index is 5.22. The molecule has 0 aliphatic carbocycles. The molecule has 132 valence electrons. The number of rotatable bonds is 6. The second kappa shape index (κ2) is 6.91. The molecule has 0 aliphatic heterocycles. The highest BCUT2D eigenvalue weighted by Crippen LogP contribution is 2.21. The summed E-state index contributed by atoms with van der Waals surface area (Å²) in [6.07, 6.45) is 8.87. The molecule has 0 saturated heterocycles. The van der Waals surface area contributed by atoms with Crippen molar-refractivity contribution >= 4 is 5.65 Å². The first kappa shape index (κ1) is 16.2. The van der Waals surface area contributed by atoms with E-state index < -0.39 is 0 Å². The van der Waals surface area contributed by atoms with E-state index in [4.69, 9.17) is 4.74 Å². The van der Waals surface area contributed by atoms with Gasteiger partial charge in [0.1, 0.15) is 18.3 Å². The SMILES string of the molecule is CCCc1c(Cn2ccnc2-c2cccc(OC)n2)ncn2ncnc12. The summed E-state index contributed by atoms with van der Waals surface area (Å²) in [4.78, 5) is 18.0. The van der Waals surface area contributed by atoms with Gasteiger partial charge in [0.15, 0.2) is 11.5 Å². The molecule has 0 atom stereocenters. The summed E-state index contributed by atoms with van der Waals surface area (Å²) < 4.78 is 8.98. The molecule has 0 amide bonds. The molecule has 4 heterocycles. The van der Waals surface area contributed by atoms with E-state index in [2.05, 4.69) is 32.0 Å². The number of ether oxygens (including phenoxy) is 1. The van der Waals surface area contributed by atoms with Gasteiger partial charge in [-0.2, -0.15) is 5.10 Å². The lowest BCUT2D eigenvalue weighted by molar-refractivity contribution is 0.398.